The maximum absolute atomic E-state index is 8.99. The van der Waals surface area contributed by atoms with Crippen molar-refractivity contribution in [3.8, 4) is 0 Å². The molecule has 0 saturated carbocycles. The highest BCUT2D eigenvalue weighted by Gasteiger charge is 2.07. The van der Waals surface area contributed by atoms with Crippen molar-refractivity contribution in [1.82, 2.24) is 0 Å². The van der Waals surface area contributed by atoms with Gasteiger partial charge in [-0.05, 0) is 18.2 Å². The fourth-order valence-corrected chi connectivity index (χ4v) is 2.27. The zero-order valence-corrected chi connectivity index (χ0v) is 7.77. The molecule has 3 nitrogen and oxygen atoms in total. The Labute approximate surface area is 79.6 Å². The van der Waals surface area contributed by atoms with Gasteiger partial charge in [-0.15, -0.1) is 11.3 Å². The summed E-state index contributed by atoms with van der Waals surface area (Å²) in [5, 5.41) is 9.93. The van der Waals surface area contributed by atoms with E-state index >= 15 is 0 Å². The number of nitrogen functional groups attached to an aromatic ring is 2. The van der Waals surface area contributed by atoms with E-state index in [9.17, 15) is 0 Å². The minimum Gasteiger partial charge on any atom is -0.399 e. The third kappa shape index (κ3) is 1.24. The van der Waals surface area contributed by atoms with E-state index in [-0.39, 0.29) is 6.61 Å². The summed E-state index contributed by atoms with van der Waals surface area (Å²) >= 11 is 1.50. The third-order valence-electron chi connectivity index (χ3n) is 1.97. The predicted octanol–water partition coefficient (Wildman–Crippen LogP) is 1.56. The van der Waals surface area contributed by atoms with Crippen molar-refractivity contribution in [2.45, 2.75) is 6.61 Å². The van der Waals surface area contributed by atoms with E-state index in [0.29, 0.717) is 11.4 Å². The molecule has 13 heavy (non-hydrogen) atoms. The van der Waals surface area contributed by atoms with Gasteiger partial charge in [-0.3, -0.25) is 0 Å². The lowest BCUT2D eigenvalue weighted by molar-refractivity contribution is 0.286. The fraction of sp³-hybridized carbons (Fsp3) is 0.111. The molecule has 0 unspecified atom stereocenters. The molecular formula is C9H10N2OS. The van der Waals surface area contributed by atoms with Crippen LogP contribution in [0.5, 0.6) is 0 Å². The number of fused-ring (bicyclic) bond motifs is 1. The number of aliphatic hydroxyl groups is 1. The van der Waals surface area contributed by atoms with Gasteiger partial charge in [0.2, 0.25) is 0 Å². The first-order valence-electron chi connectivity index (χ1n) is 3.89. The average molecular weight is 194 g/mol. The lowest BCUT2D eigenvalue weighted by Gasteiger charge is -1.94. The summed E-state index contributed by atoms with van der Waals surface area (Å²) in [6.45, 7) is -0.00884. The van der Waals surface area contributed by atoms with Crippen LogP contribution in [0.4, 0.5) is 11.4 Å². The Bertz CT molecular complexity index is 450. The van der Waals surface area contributed by atoms with Crippen molar-refractivity contribution in [3.05, 3.63) is 23.1 Å². The number of nitrogens with two attached hydrogens (primary N) is 2. The second-order valence-electron chi connectivity index (χ2n) is 2.85. The van der Waals surface area contributed by atoms with Gasteiger partial charge in [-0.2, -0.15) is 0 Å². The van der Waals surface area contributed by atoms with E-state index < -0.39 is 0 Å². The summed E-state index contributed by atoms with van der Waals surface area (Å²) in [5.74, 6) is 0. The normalized spacial score (nSPS) is 10.8. The Morgan fingerprint density at radius 1 is 1.31 bits per heavy atom. The van der Waals surface area contributed by atoms with Crippen LogP contribution in [0.3, 0.4) is 0 Å². The van der Waals surface area contributed by atoms with Gasteiger partial charge in [0.1, 0.15) is 0 Å². The van der Waals surface area contributed by atoms with Crippen LogP contribution in [0.1, 0.15) is 4.88 Å². The molecule has 0 atom stereocenters. The number of thiophene rings is 1. The monoisotopic (exact) mass is 194 g/mol. The molecule has 0 aliphatic rings. The summed E-state index contributed by atoms with van der Waals surface area (Å²) in [7, 11) is 0. The van der Waals surface area contributed by atoms with Crippen molar-refractivity contribution in [1.29, 1.82) is 0 Å². The lowest BCUT2D eigenvalue weighted by Crippen LogP contribution is -1.89. The van der Waals surface area contributed by atoms with Crippen LogP contribution in [0.2, 0.25) is 0 Å². The minimum absolute atomic E-state index is 0.00884. The first kappa shape index (κ1) is 8.34. The van der Waals surface area contributed by atoms with Crippen LogP contribution >= 0.6 is 11.3 Å². The summed E-state index contributed by atoms with van der Waals surface area (Å²) in [5.41, 5.74) is 12.8. The molecule has 68 valence electrons. The molecule has 0 fully saturated rings. The SMILES string of the molecule is Nc1ccc2sc(CO)c(N)c2c1. The van der Waals surface area contributed by atoms with Gasteiger partial charge in [-0.1, -0.05) is 0 Å². The molecule has 0 aliphatic heterocycles. The van der Waals surface area contributed by atoms with E-state index in [1.54, 1.807) is 0 Å². The maximum Gasteiger partial charge on any atom is 0.0795 e. The number of hydrogen-bond acceptors (Lipinski definition) is 4. The molecule has 0 aliphatic carbocycles. The predicted molar refractivity (Wildman–Crippen MR) is 56.6 cm³/mol. The molecule has 0 spiro atoms. The third-order valence-corrected chi connectivity index (χ3v) is 3.14. The van der Waals surface area contributed by atoms with Gasteiger partial charge in [-0.25, -0.2) is 0 Å². The molecule has 1 aromatic heterocycles. The van der Waals surface area contributed by atoms with Gasteiger partial charge in [0.05, 0.1) is 17.2 Å². The molecule has 0 radical (unpaired) electrons. The lowest BCUT2D eigenvalue weighted by atomic mass is 10.2. The highest BCUT2D eigenvalue weighted by atomic mass is 32.1. The van der Waals surface area contributed by atoms with Crippen LogP contribution in [0, 0.1) is 0 Å². The van der Waals surface area contributed by atoms with Crippen LogP contribution in [-0.4, -0.2) is 5.11 Å². The number of benzene rings is 1. The Morgan fingerprint density at radius 2 is 2.08 bits per heavy atom. The van der Waals surface area contributed by atoms with Crippen LogP contribution in [0.15, 0.2) is 18.2 Å². The maximum atomic E-state index is 8.99. The fourth-order valence-electron chi connectivity index (χ4n) is 1.30. The van der Waals surface area contributed by atoms with Crippen LogP contribution < -0.4 is 11.5 Å². The van der Waals surface area contributed by atoms with E-state index in [0.717, 1.165) is 15.0 Å². The molecule has 1 heterocycles. The molecule has 2 rings (SSSR count). The topological polar surface area (TPSA) is 72.3 Å². The standard InChI is InChI=1S/C9H10N2OS/c10-5-1-2-7-6(3-5)9(11)8(4-12)13-7/h1-3,12H,4,10-11H2. The second kappa shape index (κ2) is 2.90. The Kier molecular flexibility index (Phi) is 1.86. The highest BCUT2D eigenvalue weighted by Crippen LogP contribution is 2.34. The van der Waals surface area contributed by atoms with E-state index in [1.165, 1.54) is 11.3 Å². The van der Waals surface area contributed by atoms with E-state index in [1.807, 2.05) is 18.2 Å². The molecule has 5 N–H and O–H groups in total. The number of aliphatic hydroxyl groups excluding tert-OH is 1. The zero-order valence-electron chi connectivity index (χ0n) is 6.95. The summed E-state index contributed by atoms with van der Waals surface area (Å²) in [4.78, 5) is 0.806. The first-order chi connectivity index (χ1) is 6.22. The van der Waals surface area contributed by atoms with E-state index in [2.05, 4.69) is 0 Å². The average Bonchev–Trinajstić information content (AvgIpc) is 2.44. The zero-order chi connectivity index (χ0) is 9.42. The minimum atomic E-state index is -0.00884. The van der Waals surface area contributed by atoms with Crippen molar-refractivity contribution < 1.29 is 5.11 Å². The Morgan fingerprint density at radius 3 is 2.77 bits per heavy atom. The van der Waals surface area contributed by atoms with Gasteiger partial charge in [0, 0.05) is 15.8 Å². The first-order valence-corrected chi connectivity index (χ1v) is 4.71. The summed E-state index contributed by atoms with van der Waals surface area (Å²) in [6.07, 6.45) is 0. The largest absolute Gasteiger partial charge is 0.399 e. The number of rotatable bonds is 1. The van der Waals surface area contributed by atoms with Crippen molar-refractivity contribution in [2.75, 3.05) is 11.5 Å². The molecule has 0 saturated heterocycles. The van der Waals surface area contributed by atoms with Gasteiger partial charge in [0.15, 0.2) is 0 Å². The smallest absolute Gasteiger partial charge is 0.0795 e. The number of anilines is 2. The summed E-state index contributed by atoms with van der Waals surface area (Å²) < 4.78 is 1.07. The highest BCUT2D eigenvalue weighted by molar-refractivity contribution is 7.19. The molecule has 4 heteroatoms. The number of hydrogen-bond donors (Lipinski definition) is 3. The van der Waals surface area contributed by atoms with Gasteiger partial charge < -0.3 is 16.6 Å². The molecular weight excluding hydrogens is 184 g/mol. The van der Waals surface area contributed by atoms with Gasteiger partial charge in [0.25, 0.3) is 0 Å². The Balaban J connectivity index is 2.77. The Hall–Kier alpha value is -1.26. The van der Waals surface area contributed by atoms with Crippen LogP contribution in [-0.2, 0) is 6.61 Å². The van der Waals surface area contributed by atoms with Crippen LogP contribution in [0.25, 0.3) is 10.1 Å². The van der Waals surface area contributed by atoms with Crippen molar-refractivity contribution in [3.63, 3.8) is 0 Å². The molecule has 2 aromatic rings. The van der Waals surface area contributed by atoms with E-state index in [4.69, 9.17) is 16.6 Å². The van der Waals surface area contributed by atoms with Crippen molar-refractivity contribution >= 4 is 32.8 Å². The van der Waals surface area contributed by atoms with Crippen molar-refractivity contribution in [2.24, 2.45) is 0 Å². The molecule has 0 amide bonds. The quantitative estimate of drug-likeness (QED) is 0.603. The van der Waals surface area contributed by atoms with Gasteiger partial charge >= 0.3 is 0 Å². The molecule has 0 bridgehead atoms. The second-order valence-corrected chi connectivity index (χ2v) is 3.99. The summed E-state index contributed by atoms with van der Waals surface area (Å²) in [6, 6.07) is 5.59. The molecule has 1 aromatic carbocycles.